The standard InChI is InChI=1S/C18H21.Li/c1-3-15(2)14-18(16-10-6-4-7-11-16)17-12-8-5-9-13-17;/h4-13,15,18H,1,3,14H2,2H3;/q-1;+1. The van der Waals surface area contributed by atoms with E-state index in [9.17, 15) is 0 Å². The SMILES string of the molecule is [CH2-]CC(C)CC(c1ccccc1)c1ccccc1.[Li+]. The van der Waals surface area contributed by atoms with Crippen LogP contribution < -0.4 is 18.9 Å². The maximum absolute atomic E-state index is 4.03. The summed E-state index contributed by atoms with van der Waals surface area (Å²) in [5.74, 6) is 1.14. The molecule has 94 valence electrons. The molecule has 0 radical (unpaired) electrons. The van der Waals surface area contributed by atoms with E-state index in [1.807, 2.05) is 0 Å². The smallest absolute Gasteiger partial charge is 0.343 e. The second-order valence-electron chi connectivity index (χ2n) is 5.00. The molecule has 0 amide bonds. The molecule has 0 aliphatic rings. The second-order valence-corrected chi connectivity index (χ2v) is 5.00. The van der Waals surface area contributed by atoms with Crippen molar-refractivity contribution in [2.45, 2.75) is 25.7 Å². The van der Waals surface area contributed by atoms with Gasteiger partial charge >= 0.3 is 18.9 Å². The van der Waals surface area contributed by atoms with Crippen LogP contribution in [0.3, 0.4) is 0 Å². The first-order valence-electron chi connectivity index (χ1n) is 6.70. The molecule has 1 atom stereocenters. The quantitative estimate of drug-likeness (QED) is 0.558. The van der Waals surface area contributed by atoms with Crippen LogP contribution in [0.4, 0.5) is 0 Å². The minimum Gasteiger partial charge on any atom is -0.343 e. The van der Waals surface area contributed by atoms with Gasteiger partial charge in [-0.15, -0.1) is 0 Å². The number of hydrogen-bond acceptors (Lipinski definition) is 0. The van der Waals surface area contributed by atoms with Crippen molar-refractivity contribution in [1.82, 2.24) is 0 Å². The fraction of sp³-hybridized carbons (Fsp3) is 0.278. The first kappa shape index (κ1) is 16.1. The van der Waals surface area contributed by atoms with Gasteiger partial charge in [0.2, 0.25) is 0 Å². The Balaban J connectivity index is 0.00000180. The van der Waals surface area contributed by atoms with E-state index in [-0.39, 0.29) is 18.9 Å². The number of hydrogen-bond donors (Lipinski definition) is 0. The zero-order valence-corrected chi connectivity index (χ0v) is 12.0. The largest absolute Gasteiger partial charge is 1.00 e. The van der Waals surface area contributed by atoms with Crippen molar-refractivity contribution in [3.8, 4) is 0 Å². The van der Waals surface area contributed by atoms with Crippen molar-refractivity contribution in [3.63, 3.8) is 0 Å². The van der Waals surface area contributed by atoms with E-state index in [0.717, 1.165) is 12.8 Å². The van der Waals surface area contributed by atoms with Crippen LogP contribution in [0.5, 0.6) is 0 Å². The Morgan fingerprint density at radius 2 is 1.26 bits per heavy atom. The van der Waals surface area contributed by atoms with E-state index in [4.69, 9.17) is 0 Å². The molecule has 2 aromatic carbocycles. The zero-order valence-electron chi connectivity index (χ0n) is 12.0. The number of rotatable bonds is 5. The van der Waals surface area contributed by atoms with Crippen molar-refractivity contribution in [2.24, 2.45) is 5.92 Å². The van der Waals surface area contributed by atoms with Crippen LogP contribution in [-0.4, -0.2) is 0 Å². The predicted molar refractivity (Wildman–Crippen MR) is 78.5 cm³/mol. The summed E-state index contributed by atoms with van der Waals surface area (Å²) in [6.07, 6.45) is 2.16. The summed E-state index contributed by atoms with van der Waals surface area (Å²) in [5.41, 5.74) is 2.81. The fourth-order valence-corrected chi connectivity index (χ4v) is 2.36. The van der Waals surface area contributed by atoms with Gasteiger partial charge in [-0.3, -0.25) is 0 Å². The Morgan fingerprint density at radius 3 is 1.63 bits per heavy atom. The van der Waals surface area contributed by atoms with Gasteiger partial charge in [-0.05, 0) is 17.5 Å². The molecule has 0 saturated heterocycles. The average molecular weight is 244 g/mol. The normalized spacial score (nSPS) is 11.9. The Bertz CT molecular complexity index is 410. The van der Waals surface area contributed by atoms with Crippen LogP contribution in [0.1, 0.15) is 36.8 Å². The van der Waals surface area contributed by atoms with Crippen LogP contribution >= 0.6 is 0 Å². The molecule has 0 fully saturated rings. The van der Waals surface area contributed by atoms with Gasteiger partial charge in [-0.2, -0.15) is 6.42 Å². The summed E-state index contributed by atoms with van der Waals surface area (Å²) in [6, 6.07) is 21.6. The van der Waals surface area contributed by atoms with E-state index in [1.165, 1.54) is 11.1 Å². The third-order valence-corrected chi connectivity index (χ3v) is 3.53. The molecule has 0 nitrogen and oxygen atoms in total. The Labute approximate surface area is 129 Å². The maximum Gasteiger partial charge on any atom is 1.00 e. The van der Waals surface area contributed by atoms with Gasteiger partial charge < -0.3 is 6.92 Å². The molecule has 1 unspecified atom stereocenters. The maximum atomic E-state index is 4.03. The van der Waals surface area contributed by atoms with E-state index in [1.54, 1.807) is 0 Å². The summed E-state index contributed by atoms with van der Waals surface area (Å²) < 4.78 is 0. The molecule has 2 aromatic rings. The molecule has 0 N–H and O–H groups in total. The molecule has 0 aromatic heterocycles. The molecule has 0 bridgehead atoms. The Hall–Kier alpha value is -0.963. The molecule has 0 aliphatic carbocycles. The van der Waals surface area contributed by atoms with Crippen molar-refractivity contribution in [2.75, 3.05) is 0 Å². The molecule has 2 rings (SSSR count). The van der Waals surface area contributed by atoms with Crippen molar-refractivity contribution >= 4 is 0 Å². The van der Waals surface area contributed by atoms with Crippen LogP contribution in [0, 0.1) is 12.8 Å². The fourth-order valence-electron chi connectivity index (χ4n) is 2.36. The van der Waals surface area contributed by atoms with Crippen LogP contribution in [-0.2, 0) is 0 Å². The second kappa shape index (κ2) is 8.26. The molecule has 0 saturated carbocycles. The zero-order chi connectivity index (χ0) is 12.8. The summed E-state index contributed by atoms with van der Waals surface area (Å²) in [7, 11) is 0. The monoisotopic (exact) mass is 244 g/mol. The third-order valence-electron chi connectivity index (χ3n) is 3.53. The van der Waals surface area contributed by atoms with Crippen molar-refractivity contribution in [1.29, 1.82) is 0 Å². The molecule has 1 heteroatoms. The van der Waals surface area contributed by atoms with Gasteiger partial charge in [0.1, 0.15) is 0 Å². The first-order valence-corrected chi connectivity index (χ1v) is 6.70. The summed E-state index contributed by atoms with van der Waals surface area (Å²) in [5, 5.41) is 0. The first-order chi connectivity index (χ1) is 8.81. The molecule has 0 aliphatic heterocycles. The average Bonchev–Trinajstić information content (AvgIpc) is 2.46. The van der Waals surface area contributed by atoms with Crippen LogP contribution in [0.25, 0.3) is 0 Å². The molecular weight excluding hydrogens is 223 g/mol. The van der Waals surface area contributed by atoms with Gasteiger partial charge in [0.05, 0.1) is 0 Å². The van der Waals surface area contributed by atoms with E-state index in [2.05, 4.69) is 74.5 Å². The number of benzene rings is 2. The summed E-state index contributed by atoms with van der Waals surface area (Å²) in [6.45, 7) is 6.31. The third kappa shape index (κ3) is 4.57. The summed E-state index contributed by atoms with van der Waals surface area (Å²) >= 11 is 0. The van der Waals surface area contributed by atoms with E-state index < -0.39 is 0 Å². The van der Waals surface area contributed by atoms with Gasteiger partial charge in [0, 0.05) is 5.92 Å². The van der Waals surface area contributed by atoms with Gasteiger partial charge in [0.25, 0.3) is 0 Å². The van der Waals surface area contributed by atoms with Crippen LogP contribution in [0.2, 0.25) is 0 Å². The van der Waals surface area contributed by atoms with Crippen molar-refractivity contribution < 1.29 is 18.9 Å². The molecular formula is C18H21Li. The van der Waals surface area contributed by atoms with Crippen LogP contribution in [0.15, 0.2) is 60.7 Å². The molecule has 0 spiro atoms. The Kier molecular flexibility index (Phi) is 6.99. The van der Waals surface area contributed by atoms with Gasteiger partial charge in [-0.1, -0.05) is 73.5 Å². The van der Waals surface area contributed by atoms with Crippen molar-refractivity contribution in [3.05, 3.63) is 78.7 Å². The minimum atomic E-state index is 0. The van der Waals surface area contributed by atoms with Gasteiger partial charge in [-0.25, -0.2) is 0 Å². The van der Waals surface area contributed by atoms with E-state index >= 15 is 0 Å². The molecule has 0 heterocycles. The molecule has 19 heavy (non-hydrogen) atoms. The topological polar surface area (TPSA) is 0 Å². The summed E-state index contributed by atoms with van der Waals surface area (Å²) in [4.78, 5) is 0. The van der Waals surface area contributed by atoms with Gasteiger partial charge in [0.15, 0.2) is 0 Å². The minimum absolute atomic E-state index is 0. The Morgan fingerprint density at radius 1 is 0.842 bits per heavy atom. The van der Waals surface area contributed by atoms with E-state index in [0.29, 0.717) is 11.8 Å². The predicted octanol–water partition coefficient (Wildman–Crippen LogP) is 2.07.